The van der Waals surface area contributed by atoms with E-state index in [1.54, 1.807) is 11.3 Å². The van der Waals surface area contributed by atoms with Crippen molar-refractivity contribution >= 4 is 21.4 Å². The molecule has 0 aliphatic carbocycles. The molecule has 1 atom stereocenters. The first kappa shape index (κ1) is 13.3. The SMILES string of the molecule is CCCC(N)(c1ccccc1)c1cccc2ccsc12. The average Bonchev–Trinajstić information content (AvgIpc) is 2.96. The van der Waals surface area contributed by atoms with Gasteiger partial charge in [0.15, 0.2) is 0 Å². The topological polar surface area (TPSA) is 26.0 Å². The lowest BCUT2D eigenvalue weighted by atomic mass is 9.80. The first-order chi connectivity index (χ1) is 9.75. The molecule has 1 aromatic heterocycles. The van der Waals surface area contributed by atoms with Crippen molar-refractivity contribution in [3.63, 3.8) is 0 Å². The van der Waals surface area contributed by atoms with Gasteiger partial charge >= 0.3 is 0 Å². The normalized spacial score (nSPS) is 14.3. The van der Waals surface area contributed by atoms with Crippen LogP contribution in [-0.2, 0) is 5.54 Å². The molecule has 2 N–H and O–H groups in total. The summed E-state index contributed by atoms with van der Waals surface area (Å²) in [4.78, 5) is 0. The Kier molecular flexibility index (Phi) is 3.60. The number of benzene rings is 2. The molecule has 1 heterocycles. The molecule has 0 saturated carbocycles. The molecule has 0 aliphatic heterocycles. The summed E-state index contributed by atoms with van der Waals surface area (Å²) < 4.78 is 1.31. The van der Waals surface area contributed by atoms with Gasteiger partial charge in [0.25, 0.3) is 0 Å². The van der Waals surface area contributed by atoms with Crippen LogP contribution in [0.4, 0.5) is 0 Å². The fraction of sp³-hybridized carbons (Fsp3) is 0.222. The molecule has 0 aliphatic rings. The van der Waals surface area contributed by atoms with Gasteiger partial charge in [-0.05, 0) is 34.4 Å². The summed E-state index contributed by atoms with van der Waals surface area (Å²) in [6.45, 7) is 2.19. The predicted molar refractivity (Wildman–Crippen MR) is 88.1 cm³/mol. The van der Waals surface area contributed by atoms with E-state index < -0.39 is 5.54 Å². The van der Waals surface area contributed by atoms with E-state index in [0.29, 0.717) is 0 Å². The Morgan fingerprint density at radius 2 is 1.80 bits per heavy atom. The molecule has 0 fully saturated rings. The van der Waals surface area contributed by atoms with Crippen molar-refractivity contribution in [1.29, 1.82) is 0 Å². The van der Waals surface area contributed by atoms with Gasteiger partial charge in [0.2, 0.25) is 0 Å². The van der Waals surface area contributed by atoms with Crippen LogP contribution in [0.1, 0.15) is 30.9 Å². The summed E-state index contributed by atoms with van der Waals surface area (Å²) in [5, 5.41) is 3.43. The molecular formula is C18H19NS. The van der Waals surface area contributed by atoms with E-state index in [4.69, 9.17) is 5.73 Å². The lowest BCUT2D eigenvalue weighted by Crippen LogP contribution is -2.37. The summed E-state index contributed by atoms with van der Waals surface area (Å²) in [7, 11) is 0. The summed E-state index contributed by atoms with van der Waals surface area (Å²) >= 11 is 1.78. The van der Waals surface area contributed by atoms with Crippen molar-refractivity contribution < 1.29 is 0 Å². The van der Waals surface area contributed by atoms with E-state index in [2.05, 4.69) is 60.8 Å². The Balaban J connectivity index is 2.23. The number of hydrogen-bond donors (Lipinski definition) is 1. The predicted octanol–water partition coefficient (Wildman–Crippen LogP) is 4.90. The molecule has 2 aromatic carbocycles. The van der Waals surface area contributed by atoms with Gasteiger partial charge in [0, 0.05) is 4.70 Å². The van der Waals surface area contributed by atoms with Crippen LogP contribution in [0.2, 0.25) is 0 Å². The third-order valence-corrected chi connectivity index (χ3v) is 4.86. The minimum absolute atomic E-state index is 0.402. The molecule has 3 aromatic rings. The minimum Gasteiger partial charge on any atom is -0.318 e. The second kappa shape index (κ2) is 5.39. The highest BCUT2D eigenvalue weighted by Crippen LogP contribution is 2.37. The molecule has 0 amide bonds. The quantitative estimate of drug-likeness (QED) is 0.723. The molecule has 102 valence electrons. The van der Waals surface area contributed by atoms with Crippen LogP contribution in [0, 0.1) is 0 Å². The lowest BCUT2D eigenvalue weighted by Gasteiger charge is -2.31. The van der Waals surface area contributed by atoms with Crippen molar-refractivity contribution in [2.75, 3.05) is 0 Å². The summed E-state index contributed by atoms with van der Waals surface area (Å²) in [5.41, 5.74) is 8.93. The first-order valence-electron chi connectivity index (χ1n) is 7.07. The standard InChI is InChI=1S/C18H19NS/c1-2-12-18(19,15-8-4-3-5-9-15)16-10-6-7-14-11-13-20-17(14)16/h3-11,13H,2,12,19H2,1H3. The Hall–Kier alpha value is -1.64. The molecule has 3 rings (SSSR count). The molecule has 1 nitrogen and oxygen atoms in total. The van der Waals surface area contributed by atoms with Crippen molar-refractivity contribution in [3.05, 3.63) is 71.1 Å². The zero-order chi connectivity index (χ0) is 14.0. The maximum absolute atomic E-state index is 6.88. The Morgan fingerprint density at radius 1 is 1.00 bits per heavy atom. The van der Waals surface area contributed by atoms with Gasteiger partial charge < -0.3 is 5.73 Å². The molecule has 2 heteroatoms. The summed E-state index contributed by atoms with van der Waals surface area (Å²) in [6.07, 6.45) is 2.02. The van der Waals surface area contributed by atoms with E-state index in [9.17, 15) is 0 Å². The maximum Gasteiger partial charge on any atom is 0.0679 e. The molecule has 0 bridgehead atoms. The van der Waals surface area contributed by atoms with Gasteiger partial charge in [-0.15, -0.1) is 11.3 Å². The molecule has 0 spiro atoms. The van der Waals surface area contributed by atoms with Crippen LogP contribution in [-0.4, -0.2) is 0 Å². The van der Waals surface area contributed by atoms with Crippen LogP contribution in [0.5, 0.6) is 0 Å². The van der Waals surface area contributed by atoms with E-state index >= 15 is 0 Å². The molecule has 20 heavy (non-hydrogen) atoms. The van der Waals surface area contributed by atoms with E-state index in [0.717, 1.165) is 12.8 Å². The minimum atomic E-state index is -0.402. The summed E-state index contributed by atoms with van der Waals surface area (Å²) in [6, 6.07) is 19.1. The first-order valence-corrected chi connectivity index (χ1v) is 7.95. The smallest absolute Gasteiger partial charge is 0.0679 e. The molecule has 1 unspecified atom stereocenters. The third kappa shape index (κ3) is 2.15. The zero-order valence-electron chi connectivity index (χ0n) is 11.7. The largest absolute Gasteiger partial charge is 0.318 e. The highest BCUT2D eigenvalue weighted by Gasteiger charge is 2.30. The molecule has 0 radical (unpaired) electrons. The molecule has 0 saturated heterocycles. The Bertz CT molecular complexity index is 702. The van der Waals surface area contributed by atoms with Gasteiger partial charge in [0.05, 0.1) is 5.54 Å². The second-order valence-corrected chi connectivity index (χ2v) is 6.15. The van der Waals surface area contributed by atoms with Crippen molar-refractivity contribution in [2.45, 2.75) is 25.3 Å². The zero-order valence-corrected chi connectivity index (χ0v) is 12.5. The highest BCUT2D eigenvalue weighted by atomic mass is 32.1. The van der Waals surface area contributed by atoms with Gasteiger partial charge in [-0.25, -0.2) is 0 Å². The van der Waals surface area contributed by atoms with Crippen molar-refractivity contribution in [1.82, 2.24) is 0 Å². The van der Waals surface area contributed by atoms with Crippen molar-refractivity contribution in [2.24, 2.45) is 5.73 Å². The third-order valence-electron chi connectivity index (χ3n) is 3.89. The summed E-state index contributed by atoms with van der Waals surface area (Å²) in [5.74, 6) is 0. The fourth-order valence-corrected chi connectivity index (χ4v) is 3.91. The van der Waals surface area contributed by atoms with E-state index in [1.165, 1.54) is 21.2 Å². The lowest BCUT2D eigenvalue weighted by molar-refractivity contribution is 0.489. The van der Waals surface area contributed by atoms with E-state index in [-0.39, 0.29) is 0 Å². The van der Waals surface area contributed by atoms with Gasteiger partial charge in [-0.2, -0.15) is 0 Å². The van der Waals surface area contributed by atoms with Gasteiger partial charge in [-0.3, -0.25) is 0 Å². The average molecular weight is 281 g/mol. The van der Waals surface area contributed by atoms with Gasteiger partial charge in [0.1, 0.15) is 0 Å². The van der Waals surface area contributed by atoms with Crippen LogP contribution < -0.4 is 5.73 Å². The second-order valence-electron chi connectivity index (χ2n) is 5.23. The Morgan fingerprint density at radius 3 is 2.55 bits per heavy atom. The van der Waals surface area contributed by atoms with Crippen LogP contribution in [0.15, 0.2) is 60.0 Å². The van der Waals surface area contributed by atoms with Crippen LogP contribution >= 0.6 is 11.3 Å². The van der Waals surface area contributed by atoms with Crippen LogP contribution in [0.25, 0.3) is 10.1 Å². The van der Waals surface area contributed by atoms with Crippen LogP contribution in [0.3, 0.4) is 0 Å². The number of rotatable bonds is 4. The van der Waals surface area contributed by atoms with Gasteiger partial charge in [-0.1, -0.05) is 61.9 Å². The number of nitrogens with two attached hydrogens (primary N) is 1. The number of thiophene rings is 1. The number of hydrogen-bond acceptors (Lipinski definition) is 2. The monoisotopic (exact) mass is 281 g/mol. The van der Waals surface area contributed by atoms with E-state index in [1.807, 2.05) is 6.07 Å². The maximum atomic E-state index is 6.88. The number of fused-ring (bicyclic) bond motifs is 1. The highest BCUT2D eigenvalue weighted by molar-refractivity contribution is 7.17. The van der Waals surface area contributed by atoms with Crippen molar-refractivity contribution in [3.8, 4) is 0 Å². The fourth-order valence-electron chi connectivity index (χ4n) is 2.91. The molecular weight excluding hydrogens is 262 g/mol. The Labute approximate surface area is 124 Å².